The molecule has 4 N–H and O–H groups in total. The van der Waals surface area contributed by atoms with E-state index in [9.17, 15) is 4.79 Å². The SMILES string of the molecule is Nc1ccn(CC(=O)NCCOCCO)n1. The first-order valence-corrected chi connectivity index (χ1v) is 4.96. The number of ether oxygens (including phenoxy) is 1. The Kier molecular flexibility index (Phi) is 5.30. The molecular weight excluding hydrogens is 212 g/mol. The van der Waals surface area contributed by atoms with Crippen LogP contribution in [0.15, 0.2) is 12.3 Å². The van der Waals surface area contributed by atoms with Crippen molar-refractivity contribution in [1.82, 2.24) is 15.1 Å². The molecule has 0 aliphatic heterocycles. The molecule has 0 saturated carbocycles. The Hall–Kier alpha value is -1.60. The van der Waals surface area contributed by atoms with Crippen molar-refractivity contribution in [2.24, 2.45) is 0 Å². The highest BCUT2D eigenvalue weighted by Gasteiger charge is 2.02. The molecule has 0 unspecified atom stereocenters. The van der Waals surface area contributed by atoms with Crippen LogP contribution in [0.3, 0.4) is 0 Å². The number of aromatic nitrogens is 2. The van der Waals surface area contributed by atoms with Crippen molar-refractivity contribution in [2.45, 2.75) is 6.54 Å². The second-order valence-electron chi connectivity index (χ2n) is 3.12. The van der Waals surface area contributed by atoms with Gasteiger partial charge in [-0.05, 0) is 6.07 Å². The average Bonchev–Trinajstić information content (AvgIpc) is 2.63. The van der Waals surface area contributed by atoms with Gasteiger partial charge in [0.15, 0.2) is 0 Å². The van der Waals surface area contributed by atoms with Crippen LogP contribution in [0.1, 0.15) is 0 Å². The van der Waals surface area contributed by atoms with Crippen molar-refractivity contribution in [2.75, 3.05) is 32.1 Å². The molecule has 0 radical (unpaired) electrons. The van der Waals surface area contributed by atoms with Crippen molar-refractivity contribution in [3.8, 4) is 0 Å². The summed E-state index contributed by atoms with van der Waals surface area (Å²) in [4.78, 5) is 11.3. The van der Waals surface area contributed by atoms with Gasteiger partial charge in [0.1, 0.15) is 12.4 Å². The van der Waals surface area contributed by atoms with Gasteiger partial charge in [0.25, 0.3) is 0 Å². The Bertz CT molecular complexity index is 326. The summed E-state index contributed by atoms with van der Waals surface area (Å²) in [6.45, 7) is 1.20. The molecule has 0 aliphatic carbocycles. The highest BCUT2D eigenvalue weighted by molar-refractivity contribution is 5.75. The van der Waals surface area contributed by atoms with Crippen molar-refractivity contribution < 1.29 is 14.6 Å². The number of hydrogen-bond donors (Lipinski definition) is 3. The summed E-state index contributed by atoms with van der Waals surface area (Å²) in [6, 6.07) is 1.62. The summed E-state index contributed by atoms with van der Waals surface area (Å²) in [6.07, 6.45) is 1.64. The number of nitrogen functional groups attached to an aromatic ring is 1. The number of carbonyl (C=O) groups excluding carboxylic acids is 1. The lowest BCUT2D eigenvalue weighted by molar-refractivity contribution is -0.122. The molecule has 90 valence electrons. The maximum atomic E-state index is 11.3. The minimum absolute atomic E-state index is 0.0134. The van der Waals surface area contributed by atoms with E-state index in [2.05, 4.69) is 10.4 Å². The number of hydrogen-bond acceptors (Lipinski definition) is 5. The van der Waals surface area contributed by atoms with Gasteiger partial charge in [0.05, 0.1) is 19.8 Å². The molecule has 0 fully saturated rings. The van der Waals surface area contributed by atoms with Gasteiger partial charge < -0.3 is 20.9 Å². The monoisotopic (exact) mass is 228 g/mol. The van der Waals surface area contributed by atoms with E-state index in [1.165, 1.54) is 4.68 Å². The lowest BCUT2D eigenvalue weighted by Gasteiger charge is -2.05. The first-order chi connectivity index (χ1) is 7.72. The molecule has 16 heavy (non-hydrogen) atoms. The highest BCUT2D eigenvalue weighted by Crippen LogP contribution is 1.94. The minimum Gasteiger partial charge on any atom is -0.394 e. The maximum absolute atomic E-state index is 11.3. The summed E-state index contributed by atoms with van der Waals surface area (Å²) in [5.41, 5.74) is 5.40. The number of amides is 1. The van der Waals surface area contributed by atoms with Crippen molar-refractivity contribution >= 4 is 11.7 Å². The summed E-state index contributed by atoms with van der Waals surface area (Å²) < 4.78 is 6.44. The molecule has 1 rings (SSSR count). The van der Waals surface area contributed by atoms with Crippen LogP contribution in [0.5, 0.6) is 0 Å². The molecule has 1 heterocycles. The largest absolute Gasteiger partial charge is 0.394 e. The molecule has 7 nitrogen and oxygen atoms in total. The molecule has 0 bridgehead atoms. The summed E-state index contributed by atoms with van der Waals surface area (Å²) in [5.74, 6) is 0.231. The smallest absolute Gasteiger partial charge is 0.241 e. The Morgan fingerprint density at radius 3 is 3.06 bits per heavy atom. The number of anilines is 1. The molecule has 0 spiro atoms. The molecule has 7 heteroatoms. The van der Waals surface area contributed by atoms with Crippen LogP contribution in [0.2, 0.25) is 0 Å². The van der Waals surface area contributed by atoms with E-state index in [4.69, 9.17) is 15.6 Å². The number of aliphatic hydroxyl groups excluding tert-OH is 1. The number of nitrogens with zero attached hydrogens (tertiary/aromatic N) is 2. The zero-order valence-electron chi connectivity index (χ0n) is 8.93. The van der Waals surface area contributed by atoms with Crippen LogP contribution in [-0.4, -0.2) is 47.2 Å². The fraction of sp³-hybridized carbons (Fsp3) is 0.556. The van der Waals surface area contributed by atoms with Crippen LogP contribution >= 0.6 is 0 Å². The van der Waals surface area contributed by atoms with Crippen molar-refractivity contribution in [1.29, 1.82) is 0 Å². The Morgan fingerprint density at radius 1 is 1.62 bits per heavy atom. The van der Waals surface area contributed by atoms with Gasteiger partial charge in [-0.15, -0.1) is 0 Å². The number of carbonyl (C=O) groups is 1. The van der Waals surface area contributed by atoms with E-state index in [-0.39, 0.29) is 25.7 Å². The fourth-order valence-corrected chi connectivity index (χ4v) is 1.10. The van der Waals surface area contributed by atoms with E-state index >= 15 is 0 Å². The van der Waals surface area contributed by atoms with E-state index in [1.807, 2.05) is 0 Å². The molecule has 1 amide bonds. The molecule has 1 aromatic heterocycles. The maximum Gasteiger partial charge on any atom is 0.241 e. The van der Waals surface area contributed by atoms with Crippen LogP contribution in [0.25, 0.3) is 0 Å². The third-order valence-corrected chi connectivity index (χ3v) is 1.77. The standard InChI is InChI=1S/C9H16N4O3/c10-8-1-3-13(12-8)7-9(15)11-2-5-16-6-4-14/h1,3,14H,2,4-7H2,(H2,10,12)(H,11,15). The van der Waals surface area contributed by atoms with Crippen LogP contribution < -0.4 is 11.1 Å². The van der Waals surface area contributed by atoms with Crippen molar-refractivity contribution in [3.05, 3.63) is 12.3 Å². The van der Waals surface area contributed by atoms with Crippen LogP contribution in [0.4, 0.5) is 5.82 Å². The first-order valence-electron chi connectivity index (χ1n) is 4.96. The Morgan fingerprint density at radius 2 is 2.44 bits per heavy atom. The van der Waals surface area contributed by atoms with Crippen molar-refractivity contribution in [3.63, 3.8) is 0 Å². The predicted molar refractivity (Wildman–Crippen MR) is 57.6 cm³/mol. The zero-order valence-corrected chi connectivity index (χ0v) is 8.93. The van der Waals surface area contributed by atoms with Gasteiger partial charge in [-0.2, -0.15) is 5.10 Å². The number of nitrogens with one attached hydrogen (secondary N) is 1. The molecule has 0 aromatic carbocycles. The summed E-state index contributed by atoms with van der Waals surface area (Å²) in [5, 5.41) is 15.0. The van der Waals surface area contributed by atoms with E-state index < -0.39 is 0 Å². The third-order valence-electron chi connectivity index (χ3n) is 1.77. The Balaban J connectivity index is 2.11. The highest BCUT2D eigenvalue weighted by atomic mass is 16.5. The zero-order chi connectivity index (χ0) is 11.8. The lowest BCUT2D eigenvalue weighted by Crippen LogP contribution is -2.30. The second-order valence-corrected chi connectivity index (χ2v) is 3.12. The van der Waals surface area contributed by atoms with E-state index in [0.717, 1.165) is 0 Å². The molecule has 1 aromatic rings. The average molecular weight is 228 g/mol. The summed E-state index contributed by atoms with van der Waals surface area (Å²) in [7, 11) is 0. The van der Waals surface area contributed by atoms with Gasteiger partial charge in [0, 0.05) is 12.7 Å². The number of aliphatic hydroxyl groups is 1. The first kappa shape index (κ1) is 12.5. The van der Waals surface area contributed by atoms with E-state index in [0.29, 0.717) is 19.0 Å². The van der Waals surface area contributed by atoms with Gasteiger partial charge in [-0.1, -0.05) is 0 Å². The number of nitrogens with two attached hydrogens (primary N) is 1. The molecule has 0 atom stereocenters. The molecular formula is C9H16N4O3. The normalized spacial score (nSPS) is 10.3. The van der Waals surface area contributed by atoms with Gasteiger partial charge >= 0.3 is 0 Å². The lowest BCUT2D eigenvalue weighted by atomic mass is 10.5. The third kappa shape index (κ3) is 4.76. The van der Waals surface area contributed by atoms with Gasteiger partial charge in [-0.25, -0.2) is 0 Å². The predicted octanol–water partition coefficient (Wildman–Crippen LogP) is -1.41. The molecule has 0 aliphatic rings. The van der Waals surface area contributed by atoms with E-state index in [1.54, 1.807) is 12.3 Å². The van der Waals surface area contributed by atoms with Gasteiger partial charge in [0.2, 0.25) is 5.91 Å². The minimum atomic E-state index is -0.157. The second kappa shape index (κ2) is 6.81. The quantitative estimate of drug-likeness (QED) is 0.498. The fourth-order valence-electron chi connectivity index (χ4n) is 1.10. The Labute approximate surface area is 93.2 Å². The van der Waals surface area contributed by atoms with Crippen LogP contribution in [0, 0.1) is 0 Å². The topological polar surface area (TPSA) is 102 Å². The summed E-state index contributed by atoms with van der Waals surface area (Å²) >= 11 is 0. The van der Waals surface area contributed by atoms with Crippen LogP contribution in [-0.2, 0) is 16.1 Å². The molecule has 0 saturated heterocycles. The van der Waals surface area contributed by atoms with Gasteiger partial charge in [-0.3, -0.25) is 9.48 Å². The number of rotatable bonds is 7.